The minimum Gasteiger partial charge on any atom is -0.478 e. The third-order valence-corrected chi connectivity index (χ3v) is 1.65. The summed E-state index contributed by atoms with van der Waals surface area (Å²) in [7, 11) is 0. The number of rotatable bonds is 1. The lowest BCUT2D eigenvalue weighted by Crippen LogP contribution is -2.50. The van der Waals surface area contributed by atoms with Gasteiger partial charge in [0, 0.05) is 13.0 Å². The molecule has 1 atom stereocenters. The van der Waals surface area contributed by atoms with Crippen molar-refractivity contribution in [2.75, 3.05) is 6.54 Å². The van der Waals surface area contributed by atoms with Crippen molar-refractivity contribution in [2.24, 2.45) is 0 Å². The van der Waals surface area contributed by atoms with E-state index in [1.54, 1.807) is 0 Å². The Morgan fingerprint density at radius 1 is 1.50 bits per heavy atom. The quantitative estimate of drug-likeness (QED) is 0.523. The highest BCUT2D eigenvalue weighted by atomic mass is 16.4. The predicted molar refractivity (Wildman–Crippen MR) is 33.4 cm³/mol. The molecule has 2 N–H and O–H groups in total. The Kier molecular flexibility index (Phi) is 1.92. The van der Waals surface area contributed by atoms with Gasteiger partial charge in [0.25, 0.3) is 0 Å². The van der Waals surface area contributed by atoms with Gasteiger partial charge >= 0.3 is 5.97 Å². The Hall–Kier alpha value is -0.610. The minimum atomic E-state index is -1.78. The van der Waals surface area contributed by atoms with E-state index in [1.165, 1.54) is 0 Å². The summed E-state index contributed by atoms with van der Waals surface area (Å²) >= 11 is 0. The van der Waals surface area contributed by atoms with Crippen molar-refractivity contribution in [3.05, 3.63) is 0 Å². The van der Waals surface area contributed by atoms with Gasteiger partial charge in [-0.05, 0) is 12.8 Å². The van der Waals surface area contributed by atoms with Gasteiger partial charge in [-0.15, -0.1) is 0 Å². The largest absolute Gasteiger partial charge is 0.478 e. The van der Waals surface area contributed by atoms with Gasteiger partial charge in [-0.25, -0.2) is 4.79 Å². The van der Waals surface area contributed by atoms with E-state index in [-0.39, 0.29) is 6.42 Å². The molecule has 0 saturated carbocycles. The van der Waals surface area contributed by atoms with Gasteiger partial charge in [-0.3, -0.25) is 0 Å². The summed E-state index contributed by atoms with van der Waals surface area (Å²) in [6.45, 7) is 0.461. The van der Waals surface area contributed by atoms with E-state index in [0.717, 1.165) is 12.8 Å². The smallest absolute Gasteiger partial charge is 0.352 e. The summed E-state index contributed by atoms with van der Waals surface area (Å²) in [6, 6.07) is 0. The molecule has 1 unspecified atom stereocenters. The number of aliphatic hydroxyl groups is 1. The Morgan fingerprint density at radius 2 is 2.20 bits per heavy atom. The highest BCUT2D eigenvalue weighted by Crippen LogP contribution is 2.17. The molecular weight excluding hydrogens is 134 g/mol. The zero-order chi connectivity index (χ0) is 7.61. The van der Waals surface area contributed by atoms with Crippen LogP contribution in [0.4, 0.5) is 0 Å². The molecule has 0 bridgehead atoms. The molecule has 0 aromatic carbocycles. The highest BCUT2D eigenvalue weighted by Gasteiger charge is 2.38. The number of carboxylic acid groups (broad SMARTS) is 1. The van der Waals surface area contributed by atoms with Crippen LogP contribution in [-0.2, 0) is 4.79 Å². The average Bonchev–Trinajstić information content (AvgIpc) is 1.89. The van der Waals surface area contributed by atoms with Crippen LogP contribution in [-0.4, -0.2) is 28.5 Å². The van der Waals surface area contributed by atoms with Gasteiger partial charge < -0.3 is 10.2 Å². The van der Waals surface area contributed by atoms with Gasteiger partial charge in [0.15, 0.2) is 0 Å². The molecule has 1 fully saturated rings. The summed E-state index contributed by atoms with van der Waals surface area (Å²) in [5.41, 5.74) is -1.78. The Morgan fingerprint density at radius 3 is 2.50 bits per heavy atom. The number of nitrogens with zero attached hydrogens (tertiary/aromatic N) is 1. The number of hydrogen-bond acceptors (Lipinski definition) is 2. The Bertz CT molecular complexity index is 140. The van der Waals surface area contributed by atoms with Crippen LogP contribution in [0.25, 0.3) is 0 Å². The number of hydrogen-bond donors (Lipinski definition) is 2. The van der Waals surface area contributed by atoms with Crippen LogP contribution in [0.3, 0.4) is 0 Å². The summed E-state index contributed by atoms with van der Waals surface area (Å²) in [6.07, 6.45) is 1.88. The lowest BCUT2D eigenvalue weighted by molar-refractivity contribution is -0.165. The molecule has 4 nitrogen and oxygen atoms in total. The Balaban J connectivity index is 2.56. The molecule has 0 aromatic heterocycles. The molecule has 1 saturated heterocycles. The topological polar surface area (TPSA) is 71.6 Å². The van der Waals surface area contributed by atoms with Crippen molar-refractivity contribution in [3.8, 4) is 0 Å². The molecule has 1 rings (SSSR count). The van der Waals surface area contributed by atoms with Crippen molar-refractivity contribution in [2.45, 2.75) is 25.0 Å². The molecule has 1 aliphatic rings. The molecule has 1 aliphatic heterocycles. The van der Waals surface area contributed by atoms with Crippen molar-refractivity contribution in [1.82, 2.24) is 5.32 Å². The number of carboxylic acids is 1. The fourth-order valence-electron chi connectivity index (χ4n) is 1.00. The molecule has 0 spiro atoms. The first-order valence-corrected chi connectivity index (χ1v) is 3.29. The van der Waals surface area contributed by atoms with Crippen LogP contribution in [0.15, 0.2) is 0 Å². The molecule has 57 valence electrons. The van der Waals surface area contributed by atoms with Crippen LogP contribution >= 0.6 is 0 Å². The van der Waals surface area contributed by atoms with E-state index in [4.69, 9.17) is 5.11 Å². The lowest BCUT2D eigenvalue weighted by atomic mass is 10.0. The maximum Gasteiger partial charge on any atom is 0.352 e. The molecule has 0 aliphatic carbocycles. The van der Waals surface area contributed by atoms with E-state index in [0.29, 0.717) is 6.54 Å². The molecule has 10 heavy (non-hydrogen) atoms. The van der Waals surface area contributed by atoms with Crippen molar-refractivity contribution < 1.29 is 15.0 Å². The minimum absolute atomic E-state index is 0.252. The van der Waals surface area contributed by atoms with Crippen molar-refractivity contribution in [1.29, 1.82) is 0 Å². The van der Waals surface area contributed by atoms with Gasteiger partial charge in [0.05, 0.1) is 0 Å². The zero-order valence-corrected chi connectivity index (χ0v) is 5.58. The van der Waals surface area contributed by atoms with Gasteiger partial charge in [-0.1, -0.05) is 0 Å². The van der Waals surface area contributed by atoms with Crippen LogP contribution in [0.5, 0.6) is 0 Å². The maximum atomic E-state index is 10.3. The average molecular weight is 144 g/mol. The van der Waals surface area contributed by atoms with Gasteiger partial charge in [-0.2, -0.15) is 5.32 Å². The van der Waals surface area contributed by atoms with Crippen molar-refractivity contribution in [3.63, 3.8) is 0 Å². The SMILES string of the molecule is O=C(O)C1(O)CCCC[N]1. The third kappa shape index (κ3) is 1.27. The molecule has 4 heteroatoms. The van der Waals surface area contributed by atoms with Gasteiger partial charge in [0.2, 0.25) is 5.72 Å². The van der Waals surface area contributed by atoms with E-state index >= 15 is 0 Å². The molecular formula is C6H10NO3. The predicted octanol–water partition coefficient (Wildman–Crippen LogP) is -0.452. The second-order valence-corrected chi connectivity index (χ2v) is 2.46. The molecule has 1 heterocycles. The molecule has 1 radical (unpaired) electrons. The van der Waals surface area contributed by atoms with E-state index < -0.39 is 11.7 Å². The first-order valence-electron chi connectivity index (χ1n) is 3.29. The number of aliphatic carboxylic acids is 1. The van der Waals surface area contributed by atoms with Crippen LogP contribution in [0.1, 0.15) is 19.3 Å². The number of carbonyl (C=O) groups is 1. The summed E-state index contributed by atoms with van der Waals surface area (Å²) in [4.78, 5) is 10.3. The van der Waals surface area contributed by atoms with Crippen molar-refractivity contribution >= 4 is 5.97 Å². The van der Waals surface area contributed by atoms with E-state index in [9.17, 15) is 9.90 Å². The summed E-state index contributed by atoms with van der Waals surface area (Å²) in [5.74, 6) is -1.23. The fourth-order valence-corrected chi connectivity index (χ4v) is 1.00. The maximum absolute atomic E-state index is 10.3. The third-order valence-electron chi connectivity index (χ3n) is 1.65. The zero-order valence-electron chi connectivity index (χ0n) is 5.58. The molecule has 0 aromatic rings. The molecule has 0 amide bonds. The fraction of sp³-hybridized carbons (Fsp3) is 0.833. The van der Waals surface area contributed by atoms with E-state index in [1.807, 2.05) is 0 Å². The van der Waals surface area contributed by atoms with Crippen LogP contribution in [0, 0.1) is 0 Å². The standard InChI is InChI=1S/C6H10NO3/c8-5(9)6(10)3-1-2-4-7-6/h10H,1-4H2,(H,8,9). The van der Waals surface area contributed by atoms with Crippen LogP contribution < -0.4 is 5.32 Å². The van der Waals surface area contributed by atoms with E-state index in [2.05, 4.69) is 5.32 Å². The highest BCUT2D eigenvalue weighted by molar-refractivity contribution is 5.76. The monoisotopic (exact) mass is 144 g/mol. The Labute approximate surface area is 58.9 Å². The normalized spacial score (nSPS) is 33.7. The first kappa shape index (κ1) is 7.50. The van der Waals surface area contributed by atoms with Crippen LogP contribution in [0.2, 0.25) is 0 Å². The first-order chi connectivity index (χ1) is 4.65. The second kappa shape index (κ2) is 2.56. The number of piperidine rings is 1. The lowest BCUT2D eigenvalue weighted by Gasteiger charge is -2.26. The second-order valence-electron chi connectivity index (χ2n) is 2.46. The summed E-state index contributed by atoms with van der Waals surface area (Å²) < 4.78 is 0. The van der Waals surface area contributed by atoms with Gasteiger partial charge in [0.1, 0.15) is 0 Å². The summed E-state index contributed by atoms with van der Waals surface area (Å²) in [5, 5.41) is 21.3.